The number of hydrogen-bond acceptors (Lipinski definition) is 4. The van der Waals surface area contributed by atoms with Crippen molar-refractivity contribution in [3.63, 3.8) is 0 Å². The Morgan fingerprint density at radius 3 is 2.85 bits per heavy atom. The summed E-state index contributed by atoms with van der Waals surface area (Å²) < 4.78 is 6.05. The van der Waals surface area contributed by atoms with Gasteiger partial charge in [-0.3, -0.25) is 4.98 Å². The topological polar surface area (TPSA) is 48.1 Å². The van der Waals surface area contributed by atoms with Crippen LogP contribution in [0.15, 0.2) is 48.1 Å². The highest BCUT2D eigenvalue weighted by atomic mass is 32.1. The minimum atomic E-state index is -0.0592. The van der Waals surface area contributed by atoms with Crippen LogP contribution in [0.1, 0.15) is 23.4 Å². The maximum atomic E-state index is 6.06. The number of nitrogens with two attached hydrogens (primary N) is 1. The van der Waals surface area contributed by atoms with Gasteiger partial charge in [0, 0.05) is 23.2 Å². The molecule has 0 aliphatic heterocycles. The SMILES string of the molecule is C[C@@H](N)c1ccc2ccccc2c1OCc1cncs1. The number of nitrogens with zero attached hydrogens (tertiary/aromatic N) is 1. The van der Waals surface area contributed by atoms with Crippen molar-refractivity contribution >= 4 is 22.1 Å². The minimum Gasteiger partial charge on any atom is -0.487 e. The molecule has 1 heterocycles. The molecule has 3 aromatic rings. The third-order valence-corrected chi connectivity index (χ3v) is 4.00. The second kappa shape index (κ2) is 5.61. The van der Waals surface area contributed by atoms with Gasteiger partial charge in [-0.05, 0) is 12.3 Å². The molecule has 0 aliphatic carbocycles. The molecular weight excluding hydrogens is 268 g/mol. The molecule has 4 heteroatoms. The summed E-state index contributed by atoms with van der Waals surface area (Å²) in [5.41, 5.74) is 8.91. The van der Waals surface area contributed by atoms with Gasteiger partial charge in [0.2, 0.25) is 0 Å². The molecule has 1 atom stereocenters. The lowest BCUT2D eigenvalue weighted by Crippen LogP contribution is -2.08. The lowest BCUT2D eigenvalue weighted by atomic mass is 10.0. The van der Waals surface area contributed by atoms with E-state index in [9.17, 15) is 0 Å². The van der Waals surface area contributed by atoms with Crippen molar-refractivity contribution in [2.24, 2.45) is 5.73 Å². The monoisotopic (exact) mass is 284 g/mol. The number of benzene rings is 2. The van der Waals surface area contributed by atoms with Gasteiger partial charge < -0.3 is 10.5 Å². The lowest BCUT2D eigenvalue weighted by Gasteiger charge is -2.16. The fraction of sp³-hybridized carbons (Fsp3) is 0.188. The van der Waals surface area contributed by atoms with Crippen molar-refractivity contribution < 1.29 is 4.74 Å². The second-order valence-electron chi connectivity index (χ2n) is 4.75. The number of thiazole rings is 1. The van der Waals surface area contributed by atoms with E-state index in [2.05, 4.69) is 29.2 Å². The van der Waals surface area contributed by atoms with E-state index in [0.717, 1.165) is 27.0 Å². The lowest BCUT2D eigenvalue weighted by molar-refractivity contribution is 0.308. The Labute approximate surface area is 122 Å². The van der Waals surface area contributed by atoms with Crippen LogP contribution in [0, 0.1) is 0 Å². The molecule has 0 spiro atoms. The first kappa shape index (κ1) is 13.1. The van der Waals surface area contributed by atoms with Crippen molar-refractivity contribution in [3.05, 3.63) is 58.5 Å². The molecule has 0 unspecified atom stereocenters. The highest BCUT2D eigenvalue weighted by Gasteiger charge is 2.12. The predicted octanol–water partition coefficient (Wildman–Crippen LogP) is 3.90. The molecule has 1 aromatic heterocycles. The Bertz CT molecular complexity index is 708. The van der Waals surface area contributed by atoms with Crippen LogP contribution in [-0.4, -0.2) is 4.98 Å². The highest BCUT2D eigenvalue weighted by molar-refractivity contribution is 7.09. The molecular formula is C16H16N2OS. The maximum Gasteiger partial charge on any atom is 0.132 e. The van der Waals surface area contributed by atoms with Crippen LogP contribution in [0.25, 0.3) is 10.8 Å². The first-order valence-corrected chi connectivity index (χ1v) is 7.41. The van der Waals surface area contributed by atoms with Crippen LogP contribution in [0.4, 0.5) is 0 Å². The molecule has 20 heavy (non-hydrogen) atoms. The quantitative estimate of drug-likeness (QED) is 0.790. The zero-order valence-electron chi connectivity index (χ0n) is 11.2. The number of rotatable bonds is 4. The summed E-state index contributed by atoms with van der Waals surface area (Å²) in [6, 6.07) is 12.3. The largest absolute Gasteiger partial charge is 0.487 e. The third kappa shape index (κ3) is 2.53. The normalized spacial score (nSPS) is 12.5. The van der Waals surface area contributed by atoms with Gasteiger partial charge >= 0.3 is 0 Å². The fourth-order valence-corrected chi connectivity index (χ4v) is 2.74. The summed E-state index contributed by atoms with van der Waals surface area (Å²) >= 11 is 1.59. The standard InChI is InChI=1S/C16H16N2OS/c1-11(17)14-7-6-12-4-2-3-5-15(12)16(14)19-9-13-8-18-10-20-13/h2-8,10-11H,9,17H2,1H3/t11-/m1/s1. The molecule has 2 aromatic carbocycles. The fourth-order valence-electron chi connectivity index (χ4n) is 2.24. The second-order valence-corrected chi connectivity index (χ2v) is 5.72. The van der Waals surface area contributed by atoms with Crippen LogP contribution in [0.5, 0.6) is 5.75 Å². The van der Waals surface area contributed by atoms with Gasteiger partial charge in [-0.1, -0.05) is 36.4 Å². The van der Waals surface area contributed by atoms with Crippen LogP contribution < -0.4 is 10.5 Å². The molecule has 102 valence electrons. The van der Waals surface area contributed by atoms with Crippen LogP contribution >= 0.6 is 11.3 Å². The Hall–Kier alpha value is -1.91. The average Bonchev–Trinajstić information content (AvgIpc) is 2.97. The average molecular weight is 284 g/mol. The summed E-state index contributed by atoms with van der Waals surface area (Å²) in [4.78, 5) is 5.17. The Morgan fingerprint density at radius 1 is 1.25 bits per heavy atom. The minimum absolute atomic E-state index is 0.0592. The van der Waals surface area contributed by atoms with E-state index in [1.54, 1.807) is 11.3 Å². The van der Waals surface area contributed by atoms with Crippen LogP contribution in [0.3, 0.4) is 0 Å². The van der Waals surface area contributed by atoms with E-state index in [0.29, 0.717) is 6.61 Å². The molecule has 0 bridgehead atoms. The van der Waals surface area contributed by atoms with Gasteiger partial charge in [0.1, 0.15) is 12.4 Å². The van der Waals surface area contributed by atoms with E-state index >= 15 is 0 Å². The molecule has 3 rings (SSSR count). The van der Waals surface area contributed by atoms with Gasteiger partial charge in [-0.2, -0.15) is 0 Å². The van der Waals surface area contributed by atoms with Crippen LogP contribution in [0.2, 0.25) is 0 Å². The molecule has 0 amide bonds. The summed E-state index contributed by atoms with van der Waals surface area (Å²) in [5, 5.41) is 2.27. The highest BCUT2D eigenvalue weighted by Crippen LogP contribution is 2.33. The van der Waals surface area contributed by atoms with Crippen molar-refractivity contribution in [2.75, 3.05) is 0 Å². The first-order chi connectivity index (χ1) is 9.75. The van der Waals surface area contributed by atoms with Crippen molar-refractivity contribution in [1.29, 1.82) is 0 Å². The molecule has 0 radical (unpaired) electrons. The zero-order valence-corrected chi connectivity index (χ0v) is 12.1. The third-order valence-electron chi connectivity index (χ3n) is 3.24. The van der Waals surface area contributed by atoms with Crippen molar-refractivity contribution in [3.8, 4) is 5.75 Å². The molecule has 0 saturated heterocycles. The molecule has 0 fully saturated rings. The Balaban J connectivity index is 2.03. The predicted molar refractivity (Wildman–Crippen MR) is 83.0 cm³/mol. The summed E-state index contributed by atoms with van der Waals surface area (Å²) in [7, 11) is 0. The van der Waals surface area contributed by atoms with Gasteiger partial charge in [0.05, 0.1) is 10.4 Å². The summed E-state index contributed by atoms with van der Waals surface area (Å²) in [6.45, 7) is 2.50. The molecule has 0 aliphatic rings. The Kier molecular flexibility index (Phi) is 3.67. The van der Waals surface area contributed by atoms with E-state index in [1.165, 1.54) is 0 Å². The van der Waals surface area contributed by atoms with Gasteiger partial charge in [0.25, 0.3) is 0 Å². The molecule has 3 nitrogen and oxygen atoms in total. The number of ether oxygens (including phenoxy) is 1. The van der Waals surface area contributed by atoms with Crippen molar-refractivity contribution in [2.45, 2.75) is 19.6 Å². The van der Waals surface area contributed by atoms with Crippen LogP contribution in [-0.2, 0) is 6.61 Å². The van der Waals surface area contributed by atoms with E-state index in [1.807, 2.05) is 30.8 Å². The van der Waals surface area contributed by atoms with E-state index in [4.69, 9.17) is 10.5 Å². The zero-order chi connectivity index (χ0) is 13.9. The molecule has 0 saturated carbocycles. The number of aromatic nitrogens is 1. The van der Waals surface area contributed by atoms with Gasteiger partial charge in [0.15, 0.2) is 0 Å². The Morgan fingerprint density at radius 2 is 2.10 bits per heavy atom. The summed E-state index contributed by atoms with van der Waals surface area (Å²) in [6.07, 6.45) is 1.83. The maximum absolute atomic E-state index is 6.06. The first-order valence-electron chi connectivity index (χ1n) is 6.53. The van der Waals surface area contributed by atoms with Gasteiger partial charge in [-0.15, -0.1) is 11.3 Å². The van der Waals surface area contributed by atoms with Crippen molar-refractivity contribution in [1.82, 2.24) is 4.98 Å². The smallest absolute Gasteiger partial charge is 0.132 e. The van der Waals surface area contributed by atoms with E-state index < -0.39 is 0 Å². The number of fused-ring (bicyclic) bond motifs is 1. The number of hydrogen-bond donors (Lipinski definition) is 1. The van der Waals surface area contributed by atoms with Gasteiger partial charge in [-0.25, -0.2) is 0 Å². The molecule has 2 N–H and O–H groups in total. The summed E-state index contributed by atoms with van der Waals surface area (Å²) in [5.74, 6) is 0.881. The van der Waals surface area contributed by atoms with E-state index in [-0.39, 0.29) is 6.04 Å².